The molecule has 0 aliphatic heterocycles. The van der Waals surface area contributed by atoms with E-state index < -0.39 is 5.97 Å². The Kier molecular flexibility index (Phi) is 5.50. The molecule has 2 aromatic carbocycles. The lowest BCUT2D eigenvalue weighted by molar-refractivity contribution is -0.139. The van der Waals surface area contributed by atoms with E-state index >= 15 is 0 Å². The summed E-state index contributed by atoms with van der Waals surface area (Å²) in [6, 6.07) is 9.44. The average Bonchev–Trinajstić information content (AvgIpc) is 2.49. The number of carboxylic acids is 1. The zero-order valence-electron chi connectivity index (χ0n) is 14.6. The summed E-state index contributed by atoms with van der Waals surface area (Å²) in [5.74, 6) is 0.157. The van der Waals surface area contributed by atoms with Crippen molar-refractivity contribution < 1.29 is 19.7 Å². The fourth-order valence-electron chi connectivity index (χ4n) is 2.88. The number of ether oxygens (including phenoxy) is 1. The van der Waals surface area contributed by atoms with Crippen LogP contribution in [0.5, 0.6) is 11.5 Å². The minimum absolute atomic E-state index is 0.232. The minimum atomic E-state index is -0.982. The predicted octanol–water partition coefficient (Wildman–Crippen LogP) is 4.19. The van der Waals surface area contributed by atoms with Crippen molar-refractivity contribution in [2.24, 2.45) is 0 Å². The topological polar surface area (TPSA) is 66.8 Å². The SMILES string of the molecule is Cc1cc(O)cc(C)c1Cc1ccc(OCC(=O)O)c(C(C)C)c1. The van der Waals surface area contributed by atoms with Crippen molar-refractivity contribution in [3.05, 3.63) is 58.1 Å². The highest BCUT2D eigenvalue weighted by molar-refractivity contribution is 5.68. The Morgan fingerprint density at radius 1 is 1.12 bits per heavy atom. The molecule has 0 unspecified atom stereocenters. The smallest absolute Gasteiger partial charge is 0.341 e. The van der Waals surface area contributed by atoms with Crippen molar-refractivity contribution in [2.45, 2.75) is 40.0 Å². The van der Waals surface area contributed by atoms with E-state index in [9.17, 15) is 9.90 Å². The van der Waals surface area contributed by atoms with Gasteiger partial charge >= 0.3 is 5.97 Å². The summed E-state index contributed by atoms with van der Waals surface area (Å²) < 4.78 is 5.40. The van der Waals surface area contributed by atoms with Gasteiger partial charge in [-0.05, 0) is 72.2 Å². The van der Waals surface area contributed by atoms with Gasteiger partial charge in [-0.1, -0.05) is 26.0 Å². The molecule has 128 valence electrons. The van der Waals surface area contributed by atoms with Crippen LogP contribution in [0.4, 0.5) is 0 Å². The molecule has 0 saturated carbocycles. The standard InChI is InChI=1S/C20H24O4/c1-12(2)17-9-15(5-6-19(17)24-11-20(22)23)10-18-13(3)7-16(21)8-14(18)4/h5-9,12,21H,10-11H2,1-4H3,(H,22,23). The molecule has 0 heterocycles. The summed E-state index contributed by atoms with van der Waals surface area (Å²) in [5.41, 5.74) is 5.46. The highest BCUT2D eigenvalue weighted by atomic mass is 16.5. The summed E-state index contributed by atoms with van der Waals surface area (Å²) in [6.07, 6.45) is 0.761. The first kappa shape index (κ1) is 17.9. The lowest BCUT2D eigenvalue weighted by Gasteiger charge is -2.16. The fourth-order valence-corrected chi connectivity index (χ4v) is 2.88. The molecule has 0 radical (unpaired) electrons. The Morgan fingerprint density at radius 3 is 2.29 bits per heavy atom. The molecule has 0 amide bonds. The minimum Gasteiger partial charge on any atom is -0.508 e. The van der Waals surface area contributed by atoms with E-state index in [-0.39, 0.29) is 18.3 Å². The highest BCUT2D eigenvalue weighted by Gasteiger charge is 2.12. The first-order valence-electron chi connectivity index (χ1n) is 8.04. The number of carbonyl (C=O) groups is 1. The molecule has 0 fully saturated rings. The lowest BCUT2D eigenvalue weighted by Crippen LogP contribution is -2.11. The maximum Gasteiger partial charge on any atom is 0.341 e. The third kappa shape index (κ3) is 4.28. The number of phenols is 1. The zero-order valence-corrected chi connectivity index (χ0v) is 14.6. The normalized spacial score (nSPS) is 10.9. The summed E-state index contributed by atoms with van der Waals surface area (Å²) in [6.45, 7) is 7.77. The van der Waals surface area contributed by atoms with Gasteiger partial charge in [0.25, 0.3) is 0 Å². The van der Waals surface area contributed by atoms with Gasteiger partial charge in [-0.2, -0.15) is 0 Å². The summed E-state index contributed by atoms with van der Waals surface area (Å²) in [5, 5.41) is 18.5. The number of rotatable bonds is 6. The molecule has 0 aliphatic rings. The third-order valence-electron chi connectivity index (χ3n) is 4.11. The summed E-state index contributed by atoms with van der Waals surface area (Å²) in [4.78, 5) is 10.7. The van der Waals surface area contributed by atoms with Crippen LogP contribution in [0.15, 0.2) is 30.3 Å². The molecule has 24 heavy (non-hydrogen) atoms. The molecule has 0 bridgehead atoms. The van der Waals surface area contributed by atoms with Crippen molar-refractivity contribution >= 4 is 5.97 Å². The van der Waals surface area contributed by atoms with Gasteiger partial charge in [0, 0.05) is 0 Å². The second-order valence-corrected chi connectivity index (χ2v) is 6.44. The second-order valence-electron chi connectivity index (χ2n) is 6.44. The number of aromatic hydroxyl groups is 1. The molecule has 0 aromatic heterocycles. The second kappa shape index (κ2) is 7.39. The number of carboxylic acid groups (broad SMARTS) is 1. The Balaban J connectivity index is 2.32. The van der Waals surface area contributed by atoms with Gasteiger partial charge < -0.3 is 14.9 Å². The van der Waals surface area contributed by atoms with E-state index in [1.54, 1.807) is 12.1 Å². The van der Waals surface area contributed by atoms with Crippen LogP contribution in [0.3, 0.4) is 0 Å². The molecule has 0 saturated heterocycles. The lowest BCUT2D eigenvalue weighted by atomic mass is 9.93. The van der Waals surface area contributed by atoms with E-state index in [1.807, 2.05) is 26.0 Å². The molecule has 2 aromatic rings. The molecule has 4 heteroatoms. The first-order chi connectivity index (χ1) is 11.3. The Labute approximate surface area is 142 Å². The molecule has 4 nitrogen and oxygen atoms in total. The van der Waals surface area contributed by atoms with Gasteiger partial charge in [0.05, 0.1) is 0 Å². The van der Waals surface area contributed by atoms with Crippen molar-refractivity contribution in [1.82, 2.24) is 0 Å². The van der Waals surface area contributed by atoms with Crippen molar-refractivity contribution in [2.75, 3.05) is 6.61 Å². The molecular formula is C20H24O4. The number of aryl methyl sites for hydroxylation is 2. The highest BCUT2D eigenvalue weighted by Crippen LogP contribution is 2.30. The number of aliphatic carboxylic acids is 1. The Morgan fingerprint density at radius 2 is 1.75 bits per heavy atom. The molecule has 2 N–H and O–H groups in total. The van der Waals surface area contributed by atoms with E-state index in [0.717, 1.165) is 28.7 Å². The predicted molar refractivity (Wildman–Crippen MR) is 94.0 cm³/mol. The van der Waals surface area contributed by atoms with Crippen LogP contribution >= 0.6 is 0 Å². The van der Waals surface area contributed by atoms with Crippen LogP contribution in [0.1, 0.15) is 47.6 Å². The van der Waals surface area contributed by atoms with E-state index in [0.29, 0.717) is 5.75 Å². The molecule has 0 aliphatic carbocycles. The average molecular weight is 328 g/mol. The fraction of sp³-hybridized carbons (Fsp3) is 0.350. The summed E-state index contributed by atoms with van der Waals surface area (Å²) in [7, 11) is 0. The quantitative estimate of drug-likeness (QED) is 0.834. The van der Waals surface area contributed by atoms with E-state index in [4.69, 9.17) is 9.84 Å². The Bertz CT molecular complexity index is 724. The van der Waals surface area contributed by atoms with Crippen LogP contribution in [0, 0.1) is 13.8 Å². The molecule has 0 atom stereocenters. The maximum atomic E-state index is 10.7. The van der Waals surface area contributed by atoms with Crippen molar-refractivity contribution in [3.8, 4) is 11.5 Å². The molecule has 0 spiro atoms. The first-order valence-corrected chi connectivity index (χ1v) is 8.04. The van der Waals surface area contributed by atoms with Crippen LogP contribution in [-0.2, 0) is 11.2 Å². The zero-order chi connectivity index (χ0) is 17.9. The van der Waals surface area contributed by atoms with Gasteiger partial charge in [-0.3, -0.25) is 0 Å². The number of benzene rings is 2. The van der Waals surface area contributed by atoms with Gasteiger partial charge in [0.2, 0.25) is 0 Å². The van der Waals surface area contributed by atoms with Gasteiger partial charge in [-0.15, -0.1) is 0 Å². The van der Waals surface area contributed by atoms with Crippen LogP contribution in [-0.4, -0.2) is 22.8 Å². The van der Waals surface area contributed by atoms with Gasteiger partial charge in [0.15, 0.2) is 6.61 Å². The van der Waals surface area contributed by atoms with Crippen molar-refractivity contribution in [1.29, 1.82) is 0 Å². The van der Waals surface area contributed by atoms with Crippen molar-refractivity contribution in [3.63, 3.8) is 0 Å². The van der Waals surface area contributed by atoms with E-state index in [1.165, 1.54) is 5.56 Å². The Hall–Kier alpha value is -2.49. The molecule has 2 rings (SSSR count). The largest absolute Gasteiger partial charge is 0.508 e. The summed E-state index contributed by atoms with van der Waals surface area (Å²) >= 11 is 0. The number of hydrogen-bond donors (Lipinski definition) is 2. The third-order valence-corrected chi connectivity index (χ3v) is 4.11. The van der Waals surface area contributed by atoms with Crippen LogP contribution in [0.2, 0.25) is 0 Å². The van der Waals surface area contributed by atoms with Crippen LogP contribution < -0.4 is 4.74 Å². The molecular weight excluding hydrogens is 304 g/mol. The number of phenolic OH excluding ortho intramolecular Hbond substituents is 1. The monoisotopic (exact) mass is 328 g/mol. The number of hydrogen-bond acceptors (Lipinski definition) is 3. The van der Waals surface area contributed by atoms with Gasteiger partial charge in [-0.25, -0.2) is 4.79 Å². The van der Waals surface area contributed by atoms with E-state index in [2.05, 4.69) is 19.9 Å². The maximum absolute atomic E-state index is 10.7. The van der Waals surface area contributed by atoms with Crippen LogP contribution in [0.25, 0.3) is 0 Å². The van der Waals surface area contributed by atoms with Gasteiger partial charge in [0.1, 0.15) is 11.5 Å².